The van der Waals surface area contributed by atoms with Gasteiger partial charge in [0.25, 0.3) is 11.5 Å². The first-order chi connectivity index (χ1) is 12.1. The zero-order valence-corrected chi connectivity index (χ0v) is 13.9. The van der Waals surface area contributed by atoms with Crippen molar-refractivity contribution < 1.29 is 9.21 Å². The maximum absolute atomic E-state index is 12.3. The molecule has 0 saturated heterocycles. The predicted octanol–water partition coefficient (Wildman–Crippen LogP) is 2.15. The zero-order valence-electron chi connectivity index (χ0n) is 13.1. The molecule has 1 fully saturated rings. The first-order valence-corrected chi connectivity index (χ1v) is 8.25. The lowest BCUT2D eigenvalue weighted by Gasteiger charge is -2.07. The van der Waals surface area contributed by atoms with Crippen LogP contribution in [0.5, 0.6) is 0 Å². The van der Waals surface area contributed by atoms with Crippen LogP contribution >= 0.6 is 12.2 Å². The van der Waals surface area contributed by atoms with E-state index < -0.39 is 11.5 Å². The maximum atomic E-state index is 12.3. The number of pyridine rings is 1. The summed E-state index contributed by atoms with van der Waals surface area (Å²) in [5, 5.41) is 9.60. The molecule has 0 atom stereocenters. The standard InChI is InChI=1S/C16H15N5O3S/c22-14(17-8-13-19-20-16(25)21(13)9-3-4-9)10-5-6-11(18-15(10)23)12-2-1-7-24-12/h1-2,5-7,9H,3-4,8H2,(H,17,22)(H,18,23)(H,20,25). The van der Waals surface area contributed by atoms with Crippen molar-refractivity contribution in [1.29, 1.82) is 0 Å². The number of H-pyrrole nitrogens is 2. The van der Waals surface area contributed by atoms with Crippen LogP contribution in [-0.4, -0.2) is 25.7 Å². The van der Waals surface area contributed by atoms with Crippen LogP contribution in [0, 0.1) is 4.77 Å². The lowest BCUT2D eigenvalue weighted by atomic mass is 10.2. The summed E-state index contributed by atoms with van der Waals surface area (Å²) in [6.45, 7) is 0.196. The molecular formula is C16H15N5O3S. The Balaban J connectivity index is 1.50. The molecule has 0 spiro atoms. The Kier molecular flexibility index (Phi) is 3.85. The van der Waals surface area contributed by atoms with Gasteiger partial charge in [0, 0.05) is 6.04 Å². The summed E-state index contributed by atoms with van der Waals surface area (Å²) < 4.78 is 7.69. The predicted molar refractivity (Wildman–Crippen MR) is 91.6 cm³/mol. The van der Waals surface area contributed by atoms with Gasteiger partial charge in [0.15, 0.2) is 10.6 Å². The van der Waals surface area contributed by atoms with Gasteiger partial charge in [0.1, 0.15) is 11.3 Å². The molecule has 3 aromatic rings. The molecule has 4 rings (SSSR count). The van der Waals surface area contributed by atoms with Gasteiger partial charge in [-0.2, -0.15) is 5.10 Å². The number of aromatic amines is 2. The van der Waals surface area contributed by atoms with Crippen LogP contribution in [0.4, 0.5) is 0 Å². The van der Waals surface area contributed by atoms with Gasteiger partial charge < -0.3 is 14.7 Å². The van der Waals surface area contributed by atoms with E-state index in [1.165, 1.54) is 12.3 Å². The lowest BCUT2D eigenvalue weighted by molar-refractivity contribution is 0.0948. The third-order valence-electron chi connectivity index (χ3n) is 4.04. The summed E-state index contributed by atoms with van der Waals surface area (Å²) in [5.41, 5.74) is 0.0658. The van der Waals surface area contributed by atoms with Crippen molar-refractivity contribution in [2.75, 3.05) is 0 Å². The molecule has 0 radical (unpaired) electrons. The Labute approximate surface area is 146 Å². The number of nitrogens with zero attached hydrogens (tertiary/aromatic N) is 2. The Hall–Kier alpha value is -2.94. The Morgan fingerprint density at radius 1 is 1.40 bits per heavy atom. The summed E-state index contributed by atoms with van der Waals surface area (Å²) in [7, 11) is 0. The topological polar surface area (TPSA) is 109 Å². The van der Waals surface area contributed by atoms with E-state index in [-0.39, 0.29) is 12.1 Å². The van der Waals surface area contributed by atoms with E-state index in [2.05, 4.69) is 20.5 Å². The quantitative estimate of drug-likeness (QED) is 0.606. The fourth-order valence-corrected chi connectivity index (χ4v) is 2.95. The Morgan fingerprint density at radius 3 is 2.92 bits per heavy atom. The van der Waals surface area contributed by atoms with E-state index in [0.717, 1.165) is 12.8 Å². The first kappa shape index (κ1) is 15.6. The molecule has 0 unspecified atom stereocenters. The lowest BCUT2D eigenvalue weighted by Crippen LogP contribution is -2.30. The molecule has 9 heteroatoms. The molecule has 0 bridgehead atoms. The number of furan rings is 1. The average molecular weight is 357 g/mol. The maximum Gasteiger partial charge on any atom is 0.261 e. The molecule has 128 valence electrons. The molecule has 25 heavy (non-hydrogen) atoms. The SMILES string of the molecule is O=C(NCc1n[nH]c(=S)n1C1CC1)c1ccc(-c2ccco2)[nH]c1=O. The summed E-state index contributed by atoms with van der Waals surface area (Å²) in [4.78, 5) is 27.1. The van der Waals surface area contributed by atoms with Gasteiger partial charge in [-0.3, -0.25) is 19.3 Å². The highest BCUT2D eigenvalue weighted by atomic mass is 32.1. The molecule has 0 aromatic carbocycles. The third-order valence-corrected chi connectivity index (χ3v) is 4.33. The van der Waals surface area contributed by atoms with Crippen LogP contribution in [0.3, 0.4) is 0 Å². The van der Waals surface area contributed by atoms with Gasteiger partial charge in [-0.05, 0) is 49.3 Å². The summed E-state index contributed by atoms with van der Waals surface area (Å²) in [6, 6.07) is 6.92. The second-order valence-electron chi connectivity index (χ2n) is 5.82. The Morgan fingerprint density at radius 2 is 2.24 bits per heavy atom. The van der Waals surface area contributed by atoms with Crippen LogP contribution in [-0.2, 0) is 6.54 Å². The number of rotatable bonds is 5. The fourth-order valence-electron chi connectivity index (χ4n) is 2.65. The van der Waals surface area contributed by atoms with Crippen LogP contribution in [0.15, 0.2) is 39.7 Å². The molecule has 1 saturated carbocycles. The second kappa shape index (κ2) is 6.17. The minimum atomic E-state index is -0.479. The second-order valence-corrected chi connectivity index (χ2v) is 6.21. The third kappa shape index (κ3) is 3.05. The fraction of sp³-hybridized carbons (Fsp3) is 0.250. The molecule has 1 amide bonds. The van der Waals surface area contributed by atoms with E-state index in [1.54, 1.807) is 18.2 Å². The molecule has 8 nitrogen and oxygen atoms in total. The van der Waals surface area contributed by atoms with Gasteiger partial charge in [-0.15, -0.1) is 0 Å². The monoisotopic (exact) mass is 357 g/mol. The van der Waals surface area contributed by atoms with Crippen LogP contribution in [0.25, 0.3) is 11.5 Å². The van der Waals surface area contributed by atoms with Crippen LogP contribution in [0.1, 0.15) is 35.1 Å². The van der Waals surface area contributed by atoms with Gasteiger partial charge in [-0.1, -0.05) is 0 Å². The minimum absolute atomic E-state index is 0.0300. The van der Waals surface area contributed by atoms with E-state index in [4.69, 9.17) is 16.6 Å². The number of hydrogen-bond donors (Lipinski definition) is 3. The van der Waals surface area contributed by atoms with E-state index in [0.29, 0.717) is 28.1 Å². The number of carbonyl (C=O) groups excluding carboxylic acids is 1. The van der Waals surface area contributed by atoms with E-state index in [1.807, 2.05) is 4.57 Å². The van der Waals surface area contributed by atoms with Crippen molar-refractivity contribution in [2.24, 2.45) is 0 Å². The first-order valence-electron chi connectivity index (χ1n) is 7.84. The number of amides is 1. The number of nitrogens with one attached hydrogen (secondary N) is 3. The van der Waals surface area contributed by atoms with E-state index >= 15 is 0 Å². The Bertz CT molecular complexity index is 1030. The molecular weight excluding hydrogens is 342 g/mol. The highest BCUT2D eigenvalue weighted by Gasteiger charge is 2.27. The number of aromatic nitrogens is 4. The van der Waals surface area contributed by atoms with Crippen molar-refractivity contribution in [3.8, 4) is 11.5 Å². The molecule has 1 aliphatic rings. The largest absolute Gasteiger partial charge is 0.463 e. The van der Waals surface area contributed by atoms with Crippen molar-refractivity contribution >= 4 is 18.1 Å². The van der Waals surface area contributed by atoms with Gasteiger partial charge in [0.05, 0.1) is 18.5 Å². The van der Waals surface area contributed by atoms with Gasteiger partial charge in [0.2, 0.25) is 0 Å². The van der Waals surface area contributed by atoms with Crippen molar-refractivity contribution in [3.05, 3.63) is 57.0 Å². The average Bonchev–Trinajstić information content (AvgIpc) is 3.14. The zero-order chi connectivity index (χ0) is 17.4. The summed E-state index contributed by atoms with van der Waals surface area (Å²) in [5.74, 6) is 0.719. The van der Waals surface area contributed by atoms with E-state index in [9.17, 15) is 9.59 Å². The molecule has 3 heterocycles. The molecule has 3 aromatic heterocycles. The summed E-state index contributed by atoms with van der Waals surface area (Å²) >= 11 is 5.20. The highest BCUT2D eigenvalue weighted by Crippen LogP contribution is 2.35. The van der Waals surface area contributed by atoms with Crippen molar-refractivity contribution in [3.63, 3.8) is 0 Å². The van der Waals surface area contributed by atoms with Crippen LogP contribution in [0.2, 0.25) is 0 Å². The minimum Gasteiger partial charge on any atom is -0.463 e. The molecule has 3 N–H and O–H groups in total. The van der Waals surface area contributed by atoms with Crippen molar-refractivity contribution in [2.45, 2.75) is 25.4 Å². The van der Waals surface area contributed by atoms with Gasteiger partial charge >= 0.3 is 0 Å². The molecule has 0 aliphatic heterocycles. The normalized spacial score (nSPS) is 13.8. The number of hydrogen-bond acceptors (Lipinski definition) is 5. The molecule has 1 aliphatic carbocycles. The van der Waals surface area contributed by atoms with Gasteiger partial charge in [-0.25, -0.2) is 0 Å². The van der Waals surface area contributed by atoms with Crippen molar-refractivity contribution in [1.82, 2.24) is 25.1 Å². The number of carbonyl (C=O) groups is 1. The smallest absolute Gasteiger partial charge is 0.261 e. The van der Waals surface area contributed by atoms with Crippen LogP contribution < -0.4 is 10.9 Å². The summed E-state index contributed by atoms with van der Waals surface area (Å²) in [6.07, 6.45) is 3.63. The highest BCUT2D eigenvalue weighted by molar-refractivity contribution is 7.71.